The number of rotatable bonds is 2. The second kappa shape index (κ2) is 6.88. The van der Waals surface area contributed by atoms with E-state index in [2.05, 4.69) is 5.32 Å². The Balaban J connectivity index is 0.000000771. The molecule has 2 aliphatic heterocycles. The van der Waals surface area contributed by atoms with Gasteiger partial charge in [0.15, 0.2) is 5.78 Å². The van der Waals surface area contributed by atoms with Crippen LogP contribution in [0.1, 0.15) is 52.9 Å². The first-order valence-corrected chi connectivity index (χ1v) is 7.15. The molecule has 0 spiro atoms. The summed E-state index contributed by atoms with van der Waals surface area (Å²) in [6.07, 6.45) is 4.86. The molecule has 1 amide bonds. The number of carbonyl (C=O) groups is 2. The summed E-state index contributed by atoms with van der Waals surface area (Å²) in [7, 11) is 1.82. The van der Waals surface area contributed by atoms with E-state index in [0.717, 1.165) is 32.1 Å². The molecule has 104 valence electrons. The van der Waals surface area contributed by atoms with Crippen molar-refractivity contribution in [3.8, 4) is 0 Å². The predicted molar refractivity (Wildman–Crippen MR) is 72.4 cm³/mol. The van der Waals surface area contributed by atoms with E-state index in [4.69, 9.17) is 0 Å². The number of ketones is 1. The van der Waals surface area contributed by atoms with Gasteiger partial charge in [-0.05, 0) is 46.1 Å². The van der Waals surface area contributed by atoms with Gasteiger partial charge in [0.2, 0.25) is 5.91 Å². The second-order valence-corrected chi connectivity index (χ2v) is 4.88. The highest BCUT2D eigenvalue weighted by atomic mass is 16.2. The minimum absolute atomic E-state index is 0.0926. The van der Waals surface area contributed by atoms with Crippen molar-refractivity contribution < 1.29 is 9.59 Å². The number of amides is 1. The Kier molecular flexibility index (Phi) is 5.79. The van der Waals surface area contributed by atoms with Crippen molar-refractivity contribution in [2.24, 2.45) is 0 Å². The van der Waals surface area contributed by atoms with Crippen LogP contribution in [-0.4, -0.2) is 41.8 Å². The number of hydrogen-bond donors (Lipinski definition) is 1. The van der Waals surface area contributed by atoms with Crippen LogP contribution in [0.15, 0.2) is 0 Å². The highest BCUT2D eigenvalue weighted by Crippen LogP contribution is 2.31. The van der Waals surface area contributed by atoms with E-state index in [-0.39, 0.29) is 23.8 Å². The predicted octanol–water partition coefficient (Wildman–Crippen LogP) is 1.73. The molecule has 0 aromatic carbocycles. The molecule has 2 fully saturated rings. The zero-order valence-electron chi connectivity index (χ0n) is 12.0. The van der Waals surface area contributed by atoms with Crippen LogP contribution in [0.2, 0.25) is 0 Å². The van der Waals surface area contributed by atoms with Crippen LogP contribution in [0, 0.1) is 0 Å². The Morgan fingerprint density at radius 1 is 1.22 bits per heavy atom. The number of hydrogen-bond acceptors (Lipinski definition) is 3. The quantitative estimate of drug-likeness (QED) is 0.816. The van der Waals surface area contributed by atoms with Crippen molar-refractivity contribution in [1.29, 1.82) is 0 Å². The number of likely N-dealkylation sites (N-methyl/N-ethyl adjacent to an activating group) is 1. The minimum Gasteiger partial charge on any atom is -0.328 e. The van der Waals surface area contributed by atoms with Gasteiger partial charge in [0, 0.05) is 6.04 Å². The Hall–Kier alpha value is -0.900. The average molecular weight is 254 g/mol. The van der Waals surface area contributed by atoms with E-state index in [9.17, 15) is 9.59 Å². The topological polar surface area (TPSA) is 49.4 Å². The molecule has 0 aliphatic carbocycles. The van der Waals surface area contributed by atoms with Gasteiger partial charge in [-0.3, -0.25) is 9.59 Å². The van der Waals surface area contributed by atoms with Crippen LogP contribution in [0.3, 0.4) is 0 Å². The number of carbonyl (C=O) groups excluding carboxylic acids is 2. The van der Waals surface area contributed by atoms with E-state index >= 15 is 0 Å². The van der Waals surface area contributed by atoms with E-state index in [1.54, 1.807) is 6.92 Å². The molecule has 3 unspecified atom stereocenters. The summed E-state index contributed by atoms with van der Waals surface area (Å²) < 4.78 is 0. The fraction of sp³-hybridized carbons (Fsp3) is 0.857. The standard InChI is InChI=1S/C12H20N2O2.C2H6/c1-8(15)11-7-6-9-4-3-5-10(13-2)12(16)14(9)11;1-2/h9-11,13H,3-7H2,1-2H3;1-2H3. The van der Waals surface area contributed by atoms with Gasteiger partial charge in [0.25, 0.3) is 0 Å². The van der Waals surface area contributed by atoms with Crippen LogP contribution in [0.5, 0.6) is 0 Å². The molecule has 0 bridgehead atoms. The first-order valence-electron chi connectivity index (χ1n) is 7.15. The van der Waals surface area contributed by atoms with Gasteiger partial charge in [-0.15, -0.1) is 0 Å². The summed E-state index contributed by atoms with van der Waals surface area (Å²) in [6.45, 7) is 5.60. The van der Waals surface area contributed by atoms with Gasteiger partial charge in [-0.2, -0.15) is 0 Å². The molecule has 2 aliphatic rings. The average Bonchev–Trinajstić information content (AvgIpc) is 2.74. The Labute approximate surface area is 110 Å². The highest BCUT2D eigenvalue weighted by Gasteiger charge is 2.42. The lowest BCUT2D eigenvalue weighted by atomic mass is 10.1. The lowest BCUT2D eigenvalue weighted by Crippen LogP contribution is -2.50. The first kappa shape index (κ1) is 15.2. The molecule has 2 rings (SSSR count). The minimum atomic E-state index is -0.161. The third kappa shape index (κ3) is 2.91. The molecule has 18 heavy (non-hydrogen) atoms. The molecule has 0 aromatic heterocycles. The Bertz CT molecular complexity index is 304. The fourth-order valence-corrected chi connectivity index (χ4v) is 3.03. The van der Waals surface area contributed by atoms with Crippen molar-refractivity contribution in [2.45, 2.75) is 71.0 Å². The summed E-state index contributed by atoms with van der Waals surface area (Å²) in [5.41, 5.74) is 0. The van der Waals surface area contributed by atoms with Gasteiger partial charge in [-0.1, -0.05) is 13.8 Å². The first-order chi connectivity index (χ1) is 8.65. The maximum absolute atomic E-state index is 12.3. The normalized spacial score (nSPS) is 31.2. The van der Waals surface area contributed by atoms with E-state index < -0.39 is 0 Å². The summed E-state index contributed by atoms with van der Waals surface area (Å²) in [4.78, 5) is 25.7. The van der Waals surface area contributed by atoms with Crippen molar-refractivity contribution in [1.82, 2.24) is 10.2 Å². The summed E-state index contributed by atoms with van der Waals surface area (Å²) in [6, 6.07) is 0.0520. The smallest absolute Gasteiger partial charge is 0.240 e. The molecule has 0 saturated carbocycles. The maximum Gasteiger partial charge on any atom is 0.240 e. The molecule has 3 atom stereocenters. The van der Waals surface area contributed by atoms with Gasteiger partial charge >= 0.3 is 0 Å². The number of nitrogens with zero attached hydrogens (tertiary/aromatic N) is 1. The zero-order chi connectivity index (χ0) is 13.7. The van der Waals surface area contributed by atoms with Crippen LogP contribution in [0.4, 0.5) is 0 Å². The molecule has 0 radical (unpaired) electrons. The second-order valence-electron chi connectivity index (χ2n) is 4.88. The Morgan fingerprint density at radius 3 is 2.44 bits per heavy atom. The van der Waals surface area contributed by atoms with Crippen molar-refractivity contribution >= 4 is 11.7 Å². The third-order valence-electron chi connectivity index (χ3n) is 3.90. The van der Waals surface area contributed by atoms with Gasteiger partial charge in [0.1, 0.15) is 0 Å². The summed E-state index contributed by atoms with van der Waals surface area (Å²) in [5, 5.41) is 3.06. The lowest BCUT2D eigenvalue weighted by Gasteiger charge is -2.29. The van der Waals surface area contributed by atoms with Crippen LogP contribution >= 0.6 is 0 Å². The monoisotopic (exact) mass is 254 g/mol. The van der Waals surface area contributed by atoms with Crippen molar-refractivity contribution in [2.75, 3.05) is 7.05 Å². The maximum atomic E-state index is 12.3. The molecule has 0 aromatic rings. The largest absolute Gasteiger partial charge is 0.328 e. The van der Waals surface area contributed by atoms with Gasteiger partial charge in [0.05, 0.1) is 12.1 Å². The van der Waals surface area contributed by atoms with Crippen molar-refractivity contribution in [3.63, 3.8) is 0 Å². The summed E-state index contributed by atoms with van der Waals surface area (Å²) >= 11 is 0. The number of fused-ring (bicyclic) bond motifs is 1. The summed E-state index contributed by atoms with van der Waals surface area (Å²) in [5.74, 6) is 0.260. The van der Waals surface area contributed by atoms with Crippen LogP contribution in [0.25, 0.3) is 0 Å². The van der Waals surface area contributed by atoms with E-state index in [1.807, 2.05) is 25.8 Å². The van der Waals surface area contributed by atoms with Gasteiger partial charge < -0.3 is 10.2 Å². The third-order valence-corrected chi connectivity index (χ3v) is 3.90. The molecule has 4 nitrogen and oxygen atoms in total. The molecule has 4 heteroatoms. The molecular formula is C14H26N2O2. The fourth-order valence-electron chi connectivity index (χ4n) is 3.03. The van der Waals surface area contributed by atoms with E-state index in [0.29, 0.717) is 6.04 Å². The lowest BCUT2D eigenvalue weighted by molar-refractivity contribution is -0.140. The highest BCUT2D eigenvalue weighted by molar-refractivity contribution is 5.90. The number of nitrogens with one attached hydrogen (secondary N) is 1. The van der Waals surface area contributed by atoms with Crippen LogP contribution in [-0.2, 0) is 9.59 Å². The molecule has 2 heterocycles. The SMILES string of the molecule is CC.CNC1CCCC2CCC(C(C)=O)N2C1=O. The van der Waals surface area contributed by atoms with E-state index in [1.165, 1.54) is 0 Å². The number of Topliss-reactive ketones (excluding diaryl/α,β-unsaturated/α-hetero) is 1. The van der Waals surface area contributed by atoms with Crippen molar-refractivity contribution in [3.05, 3.63) is 0 Å². The molecule has 2 saturated heterocycles. The molecular weight excluding hydrogens is 228 g/mol. The van der Waals surface area contributed by atoms with Crippen LogP contribution < -0.4 is 5.32 Å². The zero-order valence-corrected chi connectivity index (χ0v) is 12.0. The van der Waals surface area contributed by atoms with Gasteiger partial charge in [-0.25, -0.2) is 0 Å². The Morgan fingerprint density at radius 2 is 1.89 bits per heavy atom. The molecule has 1 N–H and O–H groups in total.